The number of aliphatic hydroxyl groups excluding tert-OH is 1. The molecule has 0 amide bonds. The molecule has 1 N–H and O–H groups in total. The molecule has 0 aliphatic carbocycles. The molecule has 0 fully saturated rings. The maximum atomic E-state index is 13.0. The summed E-state index contributed by atoms with van der Waals surface area (Å²) in [4.78, 5) is 23.4. The normalized spacial score (nSPS) is 17.7. The van der Waals surface area contributed by atoms with Gasteiger partial charge in [0.1, 0.15) is 17.6 Å². The van der Waals surface area contributed by atoms with E-state index in [9.17, 15) is 20.0 Å². The van der Waals surface area contributed by atoms with E-state index in [1.807, 2.05) is 0 Å². The fourth-order valence-corrected chi connectivity index (χ4v) is 3.77. The summed E-state index contributed by atoms with van der Waals surface area (Å²) in [6, 6.07) is 17.2. The number of fused-ring (bicyclic) bond motifs is 1. The average Bonchev–Trinajstić information content (AvgIpc) is 3.18. The third kappa shape index (κ3) is 4.36. The monoisotopic (exact) mass is 451 g/mol. The molecule has 9 nitrogen and oxygen atoms in total. The molecule has 33 heavy (non-hydrogen) atoms. The van der Waals surface area contributed by atoms with Gasteiger partial charge in [0.15, 0.2) is 12.4 Å². The summed E-state index contributed by atoms with van der Waals surface area (Å²) in [6.07, 6.45) is -3.04. The van der Waals surface area contributed by atoms with E-state index in [1.165, 1.54) is 38.5 Å². The van der Waals surface area contributed by atoms with E-state index < -0.39 is 29.4 Å². The molecule has 3 atom stereocenters. The van der Waals surface area contributed by atoms with Gasteiger partial charge in [-0.1, -0.05) is 24.3 Å². The molecular formula is C24H21NO8. The van der Waals surface area contributed by atoms with Gasteiger partial charge in [-0.05, 0) is 35.9 Å². The minimum Gasteiger partial charge on any atom is -0.497 e. The van der Waals surface area contributed by atoms with Gasteiger partial charge in [0.2, 0.25) is 0 Å². The Morgan fingerprint density at radius 2 is 1.73 bits per heavy atom. The summed E-state index contributed by atoms with van der Waals surface area (Å²) in [7, 11) is 2.99. The quantitative estimate of drug-likeness (QED) is 0.321. The van der Waals surface area contributed by atoms with Gasteiger partial charge in [-0.2, -0.15) is 0 Å². The van der Waals surface area contributed by atoms with Gasteiger partial charge in [0.05, 0.1) is 24.7 Å². The number of methoxy groups -OCH3 is 2. The smallest absolute Gasteiger partial charge is 0.338 e. The molecule has 4 rings (SSSR count). The summed E-state index contributed by atoms with van der Waals surface area (Å²) in [5, 5.41) is 21.3. The zero-order chi connectivity index (χ0) is 23.5. The molecule has 9 heteroatoms. The zero-order valence-electron chi connectivity index (χ0n) is 17.8. The lowest BCUT2D eigenvalue weighted by molar-refractivity contribution is -0.384. The molecule has 1 aliphatic rings. The fraction of sp³-hybridized carbons (Fsp3) is 0.208. The second-order valence-electron chi connectivity index (χ2n) is 7.28. The average molecular weight is 451 g/mol. The molecule has 1 heterocycles. The number of carbonyl (C=O) groups excluding carboxylic acids is 1. The van der Waals surface area contributed by atoms with Crippen LogP contribution in [0.25, 0.3) is 0 Å². The number of non-ortho nitro benzene ring substituents is 1. The number of hydrogen-bond acceptors (Lipinski definition) is 8. The molecule has 0 bridgehead atoms. The Labute approximate surface area is 189 Å². The molecular weight excluding hydrogens is 430 g/mol. The van der Waals surface area contributed by atoms with E-state index >= 15 is 0 Å². The van der Waals surface area contributed by atoms with Crippen molar-refractivity contribution < 1.29 is 33.8 Å². The first kappa shape index (κ1) is 22.3. The predicted octanol–water partition coefficient (Wildman–Crippen LogP) is 4.27. The van der Waals surface area contributed by atoms with Gasteiger partial charge in [0, 0.05) is 23.3 Å². The van der Waals surface area contributed by atoms with Crippen molar-refractivity contribution in [2.24, 2.45) is 0 Å². The van der Waals surface area contributed by atoms with Crippen molar-refractivity contribution in [3.63, 3.8) is 0 Å². The van der Waals surface area contributed by atoms with E-state index in [4.69, 9.17) is 18.9 Å². The lowest BCUT2D eigenvalue weighted by Crippen LogP contribution is -2.20. The van der Waals surface area contributed by atoms with E-state index in [-0.39, 0.29) is 11.3 Å². The second-order valence-corrected chi connectivity index (χ2v) is 7.28. The fourth-order valence-electron chi connectivity index (χ4n) is 3.77. The van der Waals surface area contributed by atoms with Crippen molar-refractivity contribution in [2.45, 2.75) is 18.5 Å². The minimum absolute atomic E-state index is 0.124. The van der Waals surface area contributed by atoms with Gasteiger partial charge in [-0.15, -0.1) is 0 Å². The van der Waals surface area contributed by atoms with Crippen LogP contribution in [0.4, 0.5) is 5.69 Å². The van der Waals surface area contributed by atoms with Crippen molar-refractivity contribution in [3.8, 4) is 11.5 Å². The molecule has 0 radical (unpaired) electrons. The Morgan fingerprint density at radius 1 is 1.03 bits per heavy atom. The largest absolute Gasteiger partial charge is 0.497 e. The van der Waals surface area contributed by atoms with E-state index in [0.717, 1.165) is 0 Å². The Morgan fingerprint density at radius 3 is 2.36 bits per heavy atom. The highest BCUT2D eigenvalue weighted by molar-refractivity contribution is 5.90. The van der Waals surface area contributed by atoms with Crippen LogP contribution in [0, 0.1) is 10.1 Å². The standard InChI is InChI=1S/C24H21NO8/c1-30-16-11-12-20(31-2)19(13-16)22(21-17-5-3-4-6-18(17)24(27)33-21)32-23(26)14-7-9-15(10-8-14)25(28)29/h3-13,21-22,24,27H,1-2H3. The summed E-state index contributed by atoms with van der Waals surface area (Å²) in [6.45, 7) is 0. The van der Waals surface area contributed by atoms with Crippen molar-refractivity contribution in [2.75, 3.05) is 14.2 Å². The zero-order valence-corrected chi connectivity index (χ0v) is 17.8. The molecule has 0 aromatic heterocycles. The summed E-state index contributed by atoms with van der Waals surface area (Å²) >= 11 is 0. The summed E-state index contributed by atoms with van der Waals surface area (Å²) < 4.78 is 22.5. The SMILES string of the molecule is COc1ccc(OC)c(C(OC(=O)c2ccc([N+](=O)[O-])cc2)C2OC(O)c3ccccc32)c1. The molecule has 3 aromatic carbocycles. The summed E-state index contributed by atoms with van der Waals surface area (Å²) in [5.74, 6) is 0.219. The third-order valence-electron chi connectivity index (χ3n) is 5.41. The maximum absolute atomic E-state index is 13.0. The van der Waals surface area contributed by atoms with Crippen molar-refractivity contribution >= 4 is 11.7 Å². The van der Waals surface area contributed by atoms with Gasteiger partial charge < -0.3 is 24.1 Å². The van der Waals surface area contributed by atoms with Crippen LogP contribution >= 0.6 is 0 Å². The predicted molar refractivity (Wildman–Crippen MR) is 116 cm³/mol. The number of ether oxygens (including phenoxy) is 4. The van der Waals surface area contributed by atoms with Crippen LogP contribution in [-0.2, 0) is 9.47 Å². The van der Waals surface area contributed by atoms with Crippen LogP contribution in [0.3, 0.4) is 0 Å². The first-order chi connectivity index (χ1) is 15.9. The number of hydrogen-bond donors (Lipinski definition) is 1. The highest BCUT2D eigenvalue weighted by Crippen LogP contribution is 2.48. The van der Waals surface area contributed by atoms with Gasteiger partial charge in [-0.3, -0.25) is 10.1 Å². The first-order valence-corrected chi connectivity index (χ1v) is 10.0. The maximum Gasteiger partial charge on any atom is 0.338 e. The second kappa shape index (κ2) is 9.27. The van der Waals surface area contributed by atoms with Crippen LogP contribution in [-0.4, -0.2) is 30.2 Å². The number of aliphatic hydroxyl groups is 1. The number of nitrogens with zero attached hydrogens (tertiary/aromatic N) is 1. The van der Waals surface area contributed by atoms with Gasteiger partial charge in [-0.25, -0.2) is 4.79 Å². The number of nitro groups is 1. The van der Waals surface area contributed by atoms with Gasteiger partial charge >= 0.3 is 5.97 Å². The first-order valence-electron chi connectivity index (χ1n) is 10.0. The Hall–Kier alpha value is -3.95. The number of benzene rings is 3. The Bertz CT molecular complexity index is 1180. The Balaban J connectivity index is 1.76. The molecule has 0 saturated heterocycles. The molecule has 0 saturated carbocycles. The highest BCUT2D eigenvalue weighted by atomic mass is 16.6. The number of rotatable bonds is 7. The molecule has 0 spiro atoms. The van der Waals surface area contributed by atoms with Crippen LogP contribution < -0.4 is 9.47 Å². The van der Waals surface area contributed by atoms with Crippen LogP contribution in [0.5, 0.6) is 11.5 Å². The topological polar surface area (TPSA) is 117 Å². The van der Waals surface area contributed by atoms with Crippen LogP contribution in [0.2, 0.25) is 0 Å². The van der Waals surface area contributed by atoms with Crippen molar-refractivity contribution in [3.05, 3.63) is 99.1 Å². The minimum atomic E-state index is -1.19. The van der Waals surface area contributed by atoms with E-state index in [2.05, 4.69) is 0 Å². The van der Waals surface area contributed by atoms with Crippen LogP contribution in [0.15, 0.2) is 66.7 Å². The molecule has 170 valence electrons. The summed E-state index contributed by atoms with van der Waals surface area (Å²) in [5.41, 5.74) is 1.69. The van der Waals surface area contributed by atoms with E-state index in [0.29, 0.717) is 28.2 Å². The van der Waals surface area contributed by atoms with Crippen molar-refractivity contribution in [1.29, 1.82) is 0 Å². The number of nitro benzene ring substituents is 1. The number of esters is 1. The lowest BCUT2D eigenvalue weighted by atomic mass is 9.95. The molecule has 1 aliphatic heterocycles. The van der Waals surface area contributed by atoms with Crippen molar-refractivity contribution in [1.82, 2.24) is 0 Å². The Kier molecular flexibility index (Phi) is 6.25. The third-order valence-corrected chi connectivity index (χ3v) is 5.41. The molecule has 3 aromatic rings. The van der Waals surface area contributed by atoms with Gasteiger partial charge in [0.25, 0.3) is 5.69 Å². The van der Waals surface area contributed by atoms with E-state index in [1.54, 1.807) is 42.5 Å². The highest BCUT2D eigenvalue weighted by Gasteiger charge is 2.40. The number of carbonyl (C=O) groups is 1. The lowest BCUT2D eigenvalue weighted by Gasteiger charge is -2.26. The van der Waals surface area contributed by atoms with Crippen LogP contribution in [0.1, 0.15) is 45.5 Å². The molecule has 3 unspecified atom stereocenters.